The Morgan fingerprint density at radius 3 is 2.68 bits per heavy atom. The summed E-state index contributed by atoms with van der Waals surface area (Å²) in [5, 5.41) is 4.11. The molecule has 4 rings (SSSR count). The molecule has 3 fully saturated rings. The lowest BCUT2D eigenvalue weighted by Gasteiger charge is -2.17. The minimum absolute atomic E-state index is 0.103. The molecule has 0 amide bonds. The van der Waals surface area contributed by atoms with Gasteiger partial charge in [0.25, 0.3) is 0 Å². The van der Waals surface area contributed by atoms with Gasteiger partial charge in [-0.2, -0.15) is 4.98 Å². The Hall–Kier alpha value is -0.940. The third-order valence-corrected chi connectivity index (χ3v) is 5.13. The molecule has 0 bridgehead atoms. The van der Waals surface area contributed by atoms with Crippen molar-refractivity contribution in [3.8, 4) is 0 Å². The molecule has 3 aliphatic rings. The van der Waals surface area contributed by atoms with Crippen LogP contribution < -0.4 is 5.73 Å². The molecule has 0 aromatic carbocycles. The van der Waals surface area contributed by atoms with Crippen molar-refractivity contribution in [2.75, 3.05) is 19.6 Å². The summed E-state index contributed by atoms with van der Waals surface area (Å²) in [5.41, 5.74) is 6.20. The number of hydrogen-bond acceptors (Lipinski definition) is 5. The van der Waals surface area contributed by atoms with Crippen LogP contribution in [0.3, 0.4) is 0 Å². The Labute approximate surface area is 113 Å². The van der Waals surface area contributed by atoms with Crippen LogP contribution in [0, 0.1) is 11.8 Å². The summed E-state index contributed by atoms with van der Waals surface area (Å²) in [7, 11) is 0. The average molecular weight is 262 g/mol. The minimum Gasteiger partial charge on any atom is -0.339 e. The van der Waals surface area contributed by atoms with Crippen molar-refractivity contribution in [2.24, 2.45) is 17.6 Å². The largest absolute Gasteiger partial charge is 0.339 e. The van der Waals surface area contributed by atoms with Crippen LogP contribution in [0.2, 0.25) is 0 Å². The van der Waals surface area contributed by atoms with Gasteiger partial charge in [0.2, 0.25) is 5.89 Å². The molecular formula is C14H22N4O. The van der Waals surface area contributed by atoms with Crippen LogP contribution >= 0.6 is 0 Å². The van der Waals surface area contributed by atoms with Gasteiger partial charge in [-0.15, -0.1) is 0 Å². The zero-order valence-electron chi connectivity index (χ0n) is 11.3. The standard InChI is InChI=1S/C14H22N4O/c15-11(8-18-6-1-2-7-18)13-16-14(19-17-13)12-9-4-3-5-10(9)12/h9-12H,1-8,15H2. The van der Waals surface area contributed by atoms with Crippen LogP contribution in [0.25, 0.3) is 0 Å². The summed E-state index contributed by atoms with van der Waals surface area (Å²) in [5.74, 6) is 3.74. The molecule has 5 nitrogen and oxygen atoms in total. The molecule has 0 radical (unpaired) electrons. The third-order valence-electron chi connectivity index (χ3n) is 5.13. The SMILES string of the molecule is NC(CN1CCCC1)c1noc(C2C3CCCC32)n1. The van der Waals surface area contributed by atoms with Gasteiger partial charge in [0.15, 0.2) is 5.82 Å². The minimum atomic E-state index is -0.103. The highest BCUT2D eigenvalue weighted by molar-refractivity contribution is 5.16. The van der Waals surface area contributed by atoms with Gasteiger partial charge in [0.05, 0.1) is 6.04 Å². The lowest BCUT2D eigenvalue weighted by Crippen LogP contribution is -2.30. The van der Waals surface area contributed by atoms with E-state index in [-0.39, 0.29) is 6.04 Å². The summed E-state index contributed by atoms with van der Waals surface area (Å²) in [6, 6.07) is -0.103. The van der Waals surface area contributed by atoms with Gasteiger partial charge < -0.3 is 15.2 Å². The van der Waals surface area contributed by atoms with Crippen molar-refractivity contribution < 1.29 is 4.52 Å². The molecule has 3 atom stereocenters. The Morgan fingerprint density at radius 1 is 1.21 bits per heavy atom. The molecule has 2 heterocycles. The van der Waals surface area contributed by atoms with Gasteiger partial charge in [0.1, 0.15) is 0 Å². The highest BCUT2D eigenvalue weighted by atomic mass is 16.5. The molecule has 0 spiro atoms. The zero-order valence-corrected chi connectivity index (χ0v) is 11.3. The van der Waals surface area contributed by atoms with Crippen molar-refractivity contribution in [1.82, 2.24) is 15.0 Å². The van der Waals surface area contributed by atoms with E-state index < -0.39 is 0 Å². The maximum Gasteiger partial charge on any atom is 0.230 e. The van der Waals surface area contributed by atoms with Crippen molar-refractivity contribution >= 4 is 0 Å². The summed E-state index contributed by atoms with van der Waals surface area (Å²) >= 11 is 0. The smallest absolute Gasteiger partial charge is 0.230 e. The fraction of sp³-hybridized carbons (Fsp3) is 0.857. The summed E-state index contributed by atoms with van der Waals surface area (Å²) in [6.45, 7) is 3.17. The summed E-state index contributed by atoms with van der Waals surface area (Å²) in [4.78, 5) is 6.96. The van der Waals surface area contributed by atoms with E-state index in [1.165, 1.54) is 32.1 Å². The molecule has 2 saturated carbocycles. The van der Waals surface area contributed by atoms with E-state index in [1.54, 1.807) is 0 Å². The van der Waals surface area contributed by atoms with Crippen molar-refractivity contribution in [3.05, 3.63) is 11.7 Å². The Morgan fingerprint density at radius 2 is 1.95 bits per heavy atom. The second-order valence-electron chi connectivity index (χ2n) is 6.39. The molecule has 1 saturated heterocycles. The average Bonchev–Trinajstić information content (AvgIpc) is 2.98. The number of fused-ring (bicyclic) bond motifs is 1. The Bertz CT molecular complexity index is 444. The van der Waals surface area contributed by atoms with Gasteiger partial charge in [0, 0.05) is 12.5 Å². The first-order valence-electron chi connectivity index (χ1n) is 7.64. The maximum absolute atomic E-state index is 6.20. The predicted molar refractivity (Wildman–Crippen MR) is 70.5 cm³/mol. The summed E-state index contributed by atoms with van der Waals surface area (Å²) < 4.78 is 5.45. The van der Waals surface area contributed by atoms with Crippen LogP contribution in [0.4, 0.5) is 0 Å². The highest BCUT2D eigenvalue weighted by Crippen LogP contribution is 2.62. The molecule has 19 heavy (non-hydrogen) atoms. The Balaban J connectivity index is 1.40. The molecule has 5 heteroatoms. The van der Waals surface area contributed by atoms with Crippen LogP contribution in [0.5, 0.6) is 0 Å². The molecule has 1 aromatic heterocycles. The number of nitrogens with two attached hydrogens (primary N) is 1. The number of nitrogens with zero attached hydrogens (tertiary/aromatic N) is 3. The first kappa shape index (κ1) is 11.9. The van der Waals surface area contributed by atoms with E-state index in [9.17, 15) is 0 Å². The fourth-order valence-corrected chi connectivity index (χ4v) is 4.05. The number of aromatic nitrogens is 2. The molecule has 1 aromatic rings. The lowest BCUT2D eigenvalue weighted by atomic mass is 10.1. The van der Waals surface area contributed by atoms with Crippen LogP contribution in [-0.2, 0) is 0 Å². The number of rotatable bonds is 4. The van der Waals surface area contributed by atoms with Gasteiger partial charge in [-0.25, -0.2) is 0 Å². The van der Waals surface area contributed by atoms with E-state index in [4.69, 9.17) is 10.3 Å². The second-order valence-corrected chi connectivity index (χ2v) is 6.39. The maximum atomic E-state index is 6.20. The molecule has 3 unspecified atom stereocenters. The first-order valence-corrected chi connectivity index (χ1v) is 7.64. The van der Waals surface area contributed by atoms with Gasteiger partial charge in [-0.1, -0.05) is 11.6 Å². The van der Waals surface area contributed by atoms with Gasteiger partial charge in [-0.05, 0) is 50.6 Å². The molecule has 2 N–H and O–H groups in total. The number of hydrogen-bond donors (Lipinski definition) is 1. The zero-order chi connectivity index (χ0) is 12.8. The lowest BCUT2D eigenvalue weighted by molar-refractivity contribution is 0.304. The van der Waals surface area contributed by atoms with Crippen LogP contribution in [0.15, 0.2) is 4.52 Å². The van der Waals surface area contributed by atoms with Crippen LogP contribution in [-0.4, -0.2) is 34.7 Å². The second kappa shape index (κ2) is 4.56. The van der Waals surface area contributed by atoms with Crippen molar-refractivity contribution in [3.63, 3.8) is 0 Å². The first-order chi connectivity index (χ1) is 9.33. The van der Waals surface area contributed by atoms with E-state index in [1.807, 2.05) is 0 Å². The topological polar surface area (TPSA) is 68.2 Å². The van der Waals surface area contributed by atoms with Crippen molar-refractivity contribution in [1.29, 1.82) is 0 Å². The van der Waals surface area contributed by atoms with Crippen molar-refractivity contribution in [2.45, 2.75) is 44.1 Å². The quantitative estimate of drug-likeness (QED) is 0.894. The molecule has 2 aliphatic carbocycles. The van der Waals surface area contributed by atoms with Gasteiger partial charge >= 0.3 is 0 Å². The molecular weight excluding hydrogens is 240 g/mol. The van der Waals surface area contributed by atoms with Gasteiger partial charge in [-0.3, -0.25) is 0 Å². The van der Waals surface area contributed by atoms with E-state index in [2.05, 4.69) is 15.0 Å². The van der Waals surface area contributed by atoms with E-state index >= 15 is 0 Å². The molecule has 1 aliphatic heterocycles. The Kier molecular flexibility index (Phi) is 2.84. The molecule has 104 valence electrons. The number of likely N-dealkylation sites (tertiary alicyclic amines) is 1. The monoisotopic (exact) mass is 262 g/mol. The highest BCUT2D eigenvalue weighted by Gasteiger charge is 2.56. The van der Waals surface area contributed by atoms with Crippen LogP contribution in [0.1, 0.15) is 55.8 Å². The fourth-order valence-electron chi connectivity index (χ4n) is 4.05. The third kappa shape index (κ3) is 2.09. The normalized spacial score (nSPS) is 35.5. The summed E-state index contributed by atoms with van der Waals surface area (Å²) in [6.07, 6.45) is 6.63. The van der Waals surface area contributed by atoms with E-state index in [0.29, 0.717) is 11.7 Å². The predicted octanol–water partition coefficient (Wildman–Crippen LogP) is 1.68. The van der Waals surface area contributed by atoms with E-state index in [0.717, 1.165) is 37.4 Å².